The summed E-state index contributed by atoms with van der Waals surface area (Å²) in [6.45, 7) is 0. The lowest BCUT2D eigenvalue weighted by atomic mass is 9.98. The van der Waals surface area contributed by atoms with Gasteiger partial charge in [0.2, 0.25) is 0 Å². The molecule has 0 aromatic rings. The maximum Gasteiger partial charge on any atom is 0.524 e. The van der Waals surface area contributed by atoms with E-state index in [0.29, 0.717) is 0 Å². The molecule has 0 aromatic heterocycles. The van der Waals surface area contributed by atoms with Gasteiger partial charge in [0.15, 0.2) is 3.61 Å². The Kier molecular flexibility index (Phi) is 3.44. The van der Waals surface area contributed by atoms with Crippen LogP contribution in [0.4, 0.5) is 13.2 Å². The van der Waals surface area contributed by atoms with Crippen LogP contribution < -0.4 is 0 Å². The highest BCUT2D eigenvalue weighted by Crippen LogP contribution is 2.40. The predicted octanol–water partition coefficient (Wildman–Crippen LogP) is 2.48. The highest BCUT2D eigenvalue weighted by atomic mass is 127. The van der Waals surface area contributed by atoms with Gasteiger partial charge >= 0.3 is 12.3 Å². The highest BCUT2D eigenvalue weighted by molar-refractivity contribution is 14.1. The first-order chi connectivity index (χ1) is 6.75. The number of carboxylic acids is 1. The number of halogens is 4. The minimum Gasteiger partial charge on any atom is -0.481 e. The topological polar surface area (TPSA) is 46.5 Å². The van der Waals surface area contributed by atoms with E-state index in [0.717, 1.165) is 12.2 Å². The number of allylic oxidation sites excluding steroid dienone is 2. The molecule has 0 fully saturated rings. The Hall–Kier alpha value is -0.570. The molecule has 2 unspecified atom stereocenters. The van der Waals surface area contributed by atoms with Crippen molar-refractivity contribution in [2.24, 2.45) is 5.92 Å². The van der Waals surface area contributed by atoms with Crippen LogP contribution in [0, 0.1) is 5.92 Å². The molecule has 2 atom stereocenters. The number of alkyl halides is 4. The van der Waals surface area contributed by atoms with Crippen molar-refractivity contribution in [3.05, 3.63) is 24.3 Å². The first-order valence-corrected chi connectivity index (χ1v) is 4.87. The molecule has 84 valence electrons. The zero-order valence-corrected chi connectivity index (χ0v) is 9.32. The lowest BCUT2D eigenvalue weighted by Crippen LogP contribution is -2.41. The maximum atomic E-state index is 12.0. The minimum atomic E-state index is -4.87. The summed E-state index contributed by atoms with van der Waals surface area (Å²) < 4.78 is 38.0. The molecule has 0 aliphatic heterocycles. The lowest BCUT2D eigenvalue weighted by Gasteiger charge is -2.30. The van der Waals surface area contributed by atoms with Crippen LogP contribution in [0.3, 0.4) is 0 Å². The van der Waals surface area contributed by atoms with Crippen LogP contribution in [0.1, 0.15) is 0 Å². The third-order valence-electron chi connectivity index (χ3n) is 1.70. The third kappa shape index (κ3) is 3.20. The molecule has 7 heteroatoms. The third-order valence-corrected chi connectivity index (χ3v) is 2.95. The zero-order chi connectivity index (χ0) is 11.7. The SMILES string of the molecule is O=C(O)C1C=CC=CC1(I)OC(F)(F)F. The van der Waals surface area contributed by atoms with E-state index >= 15 is 0 Å². The zero-order valence-electron chi connectivity index (χ0n) is 7.16. The molecule has 1 aliphatic rings. The fourth-order valence-corrected chi connectivity index (χ4v) is 2.05. The van der Waals surface area contributed by atoms with Gasteiger partial charge < -0.3 is 5.11 Å². The van der Waals surface area contributed by atoms with Gasteiger partial charge in [-0.05, 0) is 28.7 Å². The fourth-order valence-electron chi connectivity index (χ4n) is 1.12. The Morgan fingerprint density at radius 1 is 1.47 bits per heavy atom. The van der Waals surface area contributed by atoms with Crippen LogP contribution in [0.2, 0.25) is 0 Å². The molecular weight excluding hydrogens is 328 g/mol. The van der Waals surface area contributed by atoms with Crippen LogP contribution in [0.5, 0.6) is 0 Å². The maximum absolute atomic E-state index is 12.0. The minimum absolute atomic E-state index is 1.07. The van der Waals surface area contributed by atoms with E-state index in [2.05, 4.69) is 4.74 Å². The van der Waals surface area contributed by atoms with E-state index in [1.54, 1.807) is 0 Å². The van der Waals surface area contributed by atoms with Gasteiger partial charge in [0.1, 0.15) is 5.92 Å². The standard InChI is InChI=1S/C8H6F3IO3/c9-8(10,11)15-7(12)4-2-1-3-5(7)6(13)14/h1-5H,(H,13,14). The quantitative estimate of drug-likeness (QED) is 0.623. The van der Waals surface area contributed by atoms with Crippen molar-refractivity contribution in [1.29, 1.82) is 0 Å². The van der Waals surface area contributed by atoms with Crippen LogP contribution in [0.25, 0.3) is 0 Å². The summed E-state index contributed by atoms with van der Waals surface area (Å²) in [5.74, 6) is -2.72. The van der Waals surface area contributed by atoms with Crippen molar-refractivity contribution < 1.29 is 27.8 Å². The molecule has 0 radical (unpaired) electrons. The highest BCUT2D eigenvalue weighted by Gasteiger charge is 2.48. The molecule has 0 spiro atoms. The van der Waals surface area contributed by atoms with Gasteiger partial charge in [-0.25, -0.2) is 0 Å². The first kappa shape index (κ1) is 12.5. The van der Waals surface area contributed by atoms with E-state index in [9.17, 15) is 18.0 Å². The van der Waals surface area contributed by atoms with Gasteiger partial charge in [-0.3, -0.25) is 9.53 Å². The second-order valence-corrected chi connectivity index (χ2v) is 4.49. The van der Waals surface area contributed by atoms with Gasteiger partial charge in [0.25, 0.3) is 0 Å². The number of aliphatic carboxylic acids is 1. The molecule has 1 rings (SSSR count). The van der Waals surface area contributed by atoms with E-state index in [1.165, 1.54) is 34.7 Å². The van der Waals surface area contributed by atoms with Crippen molar-refractivity contribution in [1.82, 2.24) is 0 Å². The molecule has 1 aliphatic carbocycles. The summed E-state index contributed by atoms with van der Waals surface area (Å²) in [4.78, 5) is 10.7. The molecule has 0 saturated heterocycles. The van der Waals surface area contributed by atoms with E-state index in [-0.39, 0.29) is 0 Å². The number of carboxylic acid groups (broad SMARTS) is 1. The Bertz CT molecular complexity index is 324. The Morgan fingerprint density at radius 2 is 2.07 bits per heavy atom. The Labute approximate surface area is 96.7 Å². The van der Waals surface area contributed by atoms with Gasteiger partial charge in [0, 0.05) is 0 Å². The smallest absolute Gasteiger partial charge is 0.481 e. The van der Waals surface area contributed by atoms with Crippen LogP contribution in [-0.2, 0) is 9.53 Å². The number of hydrogen-bond acceptors (Lipinski definition) is 2. The average molecular weight is 334 g/mol. The Morgan fingerprint density at radius 3 is 2.53 bits per heavy atom. The molecule has 0 heterocycles. The van der Waals surface area contributed by atoms with E-state index in [1.807, 2.05) is 0 Å². The molecule has 0 aromatic carbocycles. The number of ether oxygens (including phenoxy) is 1. The van der Waals surface area contributed by atoms with Gasteiger partial charge in [-0.1, -0.05) is 18.2 Å². The summed E-state index contributed by atoms with van der Waals surface area (Å²) in [5, 5.41) is 8.73. The average Bonchev–Trinajstić information content (AvgIpc) is 1.99. The fraction of sp³-hybridized carbons (Fsp3) is 0.375. The van der Waals surface area contributed by atoms with Gasteiger partial charge in [0.05, 0.1) is 0 Å². The molecular formula is C8H6F3IO3. The second-order valence-electron chi connectivity index (χ2n) is 2.81. The van der Waals surface area contributed by atoms with Crippen LogP contribution in [0.15, 0.2) is 24.3 Å². The molecule has 1 N–H and O–H groups in total. The largest absolute Gasteiger partial charge is 0.524 e. The molecule has 0 saturated carbocycles. The van der Waals surface area contributed by atoms with Crippen molar-refractivity contribution in [3.63, 3.8) is 0 Å². The number of rotatable bonds is 2. The van der Waals surface area contributed by atoms with Crippen LogP contribution >= 0.6 is 22.6 Å². The van der Waals surface area contributed by atoms with Crippen molar-refractivity contribution >= 4 is 28.6 Å². The van der Waals surface area contributed by atoms with Crippen molar-refractivity contribution in [2.75, 3.05) is 0 Å². The summed E-state index contributed by atoms with van der Waals surface area (Å²) in [5.41, 5.74) is 0. The van der Waals surface area contributed by atoms with E-state index in [4.69, 9.17) is 5.11 Å². The predicted molar refractivity (Wildman–Crippen MR) is 53.3 cm³/mol. The Balaban J connectivity index is 2.94. The first-order valence-electron chi connectivity index (χ1n) is 3.79. The van der Waals surface area contributed by atoms with Gasteiger partial charge in [-0.15, -0.1) is 13.2 Å². The summed E-state index contributed by atoms with van der Waals surface area (Å²) in [6.07, 6.45) is 0.0395. The molecule has 0 amide bonds. The number of hydrogen-bond donors (Lipinski definition) is 1. The normalized spacial score (nSPS) is 30.5. The summed E-state index contributed by atoms with van der Waals surface area (Å²) in [6, 6.07) is 0. The van der Waals surface area contributed by atoms with Crippen molar-refractivity contribution in [2.45, 2.75) is 9.97 Å². The lowest BCUT2D eigenvalue weighted by molar-refractivity contribution is -0.342. The second kappa shape index (κ2) is 4.12. The molecule has 3 nitrogen and oxygen atoms in total. The summed E-state index contributed by atoms with van der Waals surface area (Å²) in [7, 11) is 0. The molecule has 15 heavy (non-hydrogen) atoms. The van der Waals surface area contributed by atoms with Crippen molar-refractivity contribution in [3.8, 4) is 0 Å². The number of carbonyl (C=O) groups is 1. The molecule has 0 bridgehead atoms. The van der Waals surface area contributed by atoms with E-state index < -0.39 is 21.9 Å². The monoisotopic (exact) mass is 334 g/mol. The summed E-state index contributed by atoms with van der Waals surface area (Å²) >= 11 is 1.33. The van der Waals surface area contributed by atoms with Gasteiger partial charge in [-0.2, -0.15) is 0 Å². The van der Waals surface area contributed by atoms with Crippen LogP contribution in [-0.4, -0.2) is 21.0 Å².